The van der Waals surface area contributed by atoms with E-state index in [2.05, 4.69) is 30.4 Å². The maximum atomic E-state index is 2.59. The van der Waals surface area contributed by atoms with Crippen LogP contribution in [0.5, 0.6) is 0 Å². The monoisotopic (exact) mass is 311 g/mol. The summed E-state index contributed by atoms with van der Waals surface area (Å²) >= 11 is 4.60. The van der Waals surface area contributed by atoms with Crippen molar-refractivity contribution in [3.05, 3.63) is 5.92 Å². The Kier molecular flexibility index (Phi) is 6.09. The van der Waals surface area contributed by atoms with Crippen molar-refractivity contribution in [2.24, 2.45) is 11.8 Å². The normalized spacial score (nSPS) is 41.2. The number of hydrogen-bond acceptors (Lipinski definition) is 2. The van der Waals surface area contributed by atoms with Gasteiger partial charge in [0.2, 0.25) is 0 Å². The number of rotatable bonds is 2. The van der Waals surface area contributed by atoms with Crippen molar-refractivity contribution in [2.75, 3.05) is 11.5 Å². The highest BCUT2D eigenvalue weighted by Gasteiger charge is 2.38. The van der Waals surface area contributed by atoms with E-state index in [-0.39, 0.29) is 0 Å². The van der Waals surface area contributed by atoms with Crippen LogP contribution in [0.25, 0.3) is 0 Å². The van der Waals surface area contributed by atoms with E-state index in [4.69, 9.17) is 0 Å². The summed E-state index contributed by atoms with van der Waals surface area (Å²) in [5.74, 6) is 6.73. The van der Waals surface area contributed by atoms with Crippen molar-refractivity contribution in [3.63, 3.8) is 0 Å². The summed E-state index contributed by atoms with van der Waals surface area (Å²) in [5, 5.41) is 1.91. The molecule has 2 heterocycles. The molecule has 1 saturated carbocycles. The number of hydrogen-bond donors (Lipinski definition) is 0. The van der Waals surface area contributed by atoms with Gasteiger partial charge in [-0.2, -0.15) is 23.5 Å². The van der Waals surface area contributed by atoms with E-state index in [9.17, 15) is 0 Å². The van der Waals surface area contributed by atoms with Crippen LogP contribution in [0, 0.1) is 17.8 Å². The smallest absolute Gasteiger partial charge is 0.0112 e. The van der Waals surface area contributed by atoms with Crippen LogP contribution in [0.1, 0.15) is 71.1 Å². The first-order valence-corrected chi connectivity index (χ1v) is 11.0. The standard InChI is InChI=1S/C18H31S2/c1-14-15(17-10-4-6-12-19-17)8-2-3-9-16(14)18-11-5-7-13-20-18/h14-15,17-18H,2-13H2,1H3. The largest absolute Gasteiger partial charge is 0.158 e. The van der Waals surface area contributed by atoms with E-state index < -0.39 is 0 Å². The Bertz CT molecular complexity index is 251. The first-order chi connectivity index (χ1) is 9.86. The van der Waals surface area contributed by atoms with Gasteiger partial charge in [-0.15, -0.1) is 0 Å². The third kappa shape index (κ3) is 3.72. The van der Waals surface area contributed by atoms with Crippen molar-refractivity contribution in [2.45, 2.75) is 81.6 Å². The second-order valence-electron chi connectivity index (χ2n) is 7.03. The lowest BCUT2D eigenvalue weighted by molar-refractivity contribution is 0.322. The topological polar surface area (TPSA) is 0 Å². The third-order valence-corrected chi connectivity index (χ3v) is 8.77. The van der Waals surface area contributed by atoms with Gasteiger partial charge in [-0.1, -0.05) is 32.6 Å². The lowest BCUT2D eigenvalue weighted by atomic mass is 9.76. The molecule has 2 heteroatoms. The molecule has 3 aliphatic rings. The summed E-state index contributed by atoms with van der Waals surface area (Å²) in [6.45, 7) is 2.59. The first kappa shape index (κ1) is 15.6. The van der Waals surface area contributed by atoms with Gasteiger partial charge in [0, 0.05) is 10.5 Å². The highest BCUT2D eigenvalue weighted by Crippen LogP contribution is 2.48. The molecule has 0 aromatic heterocycles. The Labute approximate surface area is 134 Å². The fourth-order valence-electron chi connectivity index (χ4n) is 4.56. The van der Waals surface area contributed by atoms with Crippen LogP contribution < -0.4 is 0 Å². The molecule has 0 amide bonds. The van der Waals surface area contributed by atoms with Gasteiger partial charge in [0.1, 0.15) is 0 Å². The summed E-state index contributed by atoms with van der Waals surface area (Å²) in [6.07, 6.45) is 14.8. The van der Waals surface area contributed by atoms with Crippen molar-refractivity contribution >= 4 is 23.5 Å². The minimum absolute atomic E-state index is 0.906. The second kappa shape index (κ2) is 7.81. The molecule has 0 aromatic carbocycles. The lowest BCUT2D eigenvalue weighted by Gasteiger charge is -2.39. The van der Waals surface area contributed by atoms with E-state index in [1.165, 1.54) is 75.7 Å². The van der Waals surface area contributed by atoms with Gasteiger partial charge in [-0.25, -0.2) is 0 Å². The summed E-state index contributed by atoms with van der Waals surface area (Å²) in [7, 11) is 0. The summed E-state index contributed by atoms with van der Waals surface area (Å²) in [5.41, 5.74) is 0. The maximum absolute atomic E-state index is 2.59. The molecule has 20 heavy (non-hydrogen) atoms. The molecule has 2 aliphatic heterocycles. The third-order valence-electron chi connectivity index (χ3n) is 5.77. The molecule has 0 aromatic rings. The average molecular weight is 312 g/mol. The Hall–Kier alpha value is 0.700. The fourth-order valence-corrected chi connectivity index (χ4v) is 7.72. The predicted octanol–water partition coefficient (Wildman–Crippen LogP) is 5.96. The molecule has 1 aliphatic carbocycles. The Morgan fingerprint density at radius 3 is 2.25 bits per heavy atom. The SMILES string of the molecule is CC1[C](C2CCCCS2)CCCCC1C1CCCCS1. The zero-order valence-electron chi connectivity index (χ0n) is 13.1. The van der Waals surface area contributed by atoms with Gasteiger partial charge in [0.15, 0.2) is 0 Å². The molecule has 0 bridgehead atoms. The first-order valence-electron chi connectivity index (χ1n) is 8.95. The van der Waals surface area contributed by atoms with Crippen molar-refractivity contribution in [3.8, 4) is 0 Å². The zero-order chi connectivity index (χ0) is 13.8. The van der Waals surface area contributed by atoms with Crippen molar-refractivity contribution < 1.29 is 0 Å². The predicted molar refractivity (Wildman–Crippen MR) is 94.6 cm³/mol. The summed E-state index contributed by atoms with van der Waals surface area (Å²) < 4.78 is 0. The Morgan fingerprint density at radius 1 is 0.800 bits per heavy atom. The number of thioether (sulfide) groups is 2. The Morgan fingerprint density at radius 2 is 1.55 bits per heavy atom. The van der Waals surface area contributed by atoms with Crippen LogP contribution in [0.2, 0.25) is 0 Å². The molecule has 0 N–H and O–H groups in total. The molecule has 4 unspecified atom stereocenters. The summed E-state index contributed by atoms with van der Waals surface area (Å²) in [6, 6.07) is 0. The fraction of sp³-hybridized carbons (Fsp3) is 0.944. The summed E-state index contributed by atoms with van der Waals surface area (Å²) in [4.78, 5) is 0. The van der Waals surface area contributed by atoms with Gasteiger partial charge in [0.25, 0.3) is 0 Å². The Balaban J connectivity index is 1.66. The minimum atomic E-state index is 0.906. The second-order valence-corrected chi connectivity index (χ2v) is 9.69. The molecule has 3 fully saturated rings. The molecule has 115 valence electrons. The van der Waals surface area contributed by atoms with E-state index in [1.54, 1.807) is 0 Å². The minimum Gasteiger partial charge on any atom is -0.158 e. The molecule has 0 nitrogen and oxygen atoms in total. The van der Waals surface area contributed by atoms with Gasteiger partial charge in [-0.3, -0.25) is 0 Å². The quantitative estimate of drug-likeness (QED) is 0.577. The zero-order valence-corrected chi connectivity index (χ0v) is 14.7. The van der Waals surface area contributed by atoms with Crippen LogP contribution in [0.3, 0.4) is 0 Å². The van der Waals surface area contributed by atoms with Gasteiger partial charge in [-0.05, 0) is 67.8 Å². The van der Waals surface area contributed by atoms with E-state index >= 15 is 0 Å². The van der Waals surface area contributed by atoms with E-state index in [1.807, 2.05) is 5.92 Å². The molecule has 4 atom stereocenters. The van der Waals surface area contributed by atoms with Crippen LogP contribution >= 0.6 is 23.5 Å². The molecule has 3 rings (SSSR count). The van der Waals surface area contributed by atoms with Gasteiger partial charge in [0.05, 0.1) is 0 Å². The molecule has 2 saturated heterocycles. The van der Waals surface area contributed by atoms with E-state index in [0.717, 1.165) is 22.3 Å². The van der Waals surface area contributed by atoms with Gasteiger partial charge >= 0.3 is 0 Å². The van der Waals surface area contributed by atoms with Crippen LogP contribution in [0.4, 0.5) is 0 Å². The average Bonchev–Trinajstić information content (AvgIpc) is 2.71. The highest BCUT2D eigenvalue weighted by atomic mass is 32.2. The molecular formula is C18H31S2. The highest BCUT2D eigenvalue weighted by molar-refractivity contribution is 8.00. The van der Waals surface area contributed by atoms with Crippen molar-refractivity contribution in [1.29, 1.82) is 0 Å². The van der Waals surface area contributed by atoms with Crippen molar-refractivity contribution in [1.82, 2.24) is 0 Å². The van der Waals surface area contributed by atoms with Crippen LogP contribution in [-0.2, 0) is 0 Å². The lowest BCUT2D eigenvalue weighted by Crippen LogP contribution is -2.33. The molecular weight excluding hydrogens is 280 g/mol. The van der Waals surface area contributed by atoms with Crippen LogP contribution in [0.15, 0.2) is 0 Å². The molecule has 0 spiro atoms. The maximum Gasteiger partial charge on any atom is 0.0112 e. The molecule has 1 radical (unpaired) electrons. The van der Waals surface area contributed by atoms with E-state index in [0.29, 0.717) is 0 Å². The van der Waals surface area contributed by atoms with Gasteiger partial charge < -0.3 is 0 Å². The van der Waals surface area contributed by atoms with Crippen LogP contribution in [-0.4, -0.2) is 22.0 Å².